The maximum absolute atomic E-state index is 14.2. The van der Waals surface area contributed by atoms with Gasteiger partial charge in [0.1, 0.15) is 6.04 Å². The molecular formula is C38H63N5O5S. The van der Waals surface area contributed by atoms with Crippen molar-refractivity contribution in [3.8, 4) is 0 Å². The molecule has 5 N–H and O–H groups in total. The number of nitrogens with one attached hydrogen (secondary N) is 4. The zero-order valence-corrected chi connectivity index (χ0v) is 31.1. The van der Waals surface area contributed by atoms with E-state index in [4.69, 9.17) is 0 Å². The summed E-state index contributed by atoms with van der Waals surface area (Å²) in [6.45, 7) is 8.27. The van der Waals surface area contributed by atoms with Crippen LogP contribution in [0.5, 0.6) is 0 Å². The summed E-state index contributed by atoms with van der Waals surface area (Å²) in [4.78, 5) is 35.4. The van der Waals surface area contributed by atoms with E-state index in [9.17, 15) is 23.1 Å². The van der Waals surface area contributed by atoms with E-state index < -0.39 is 28.2 Å². The standard InChI is InChI=1S/C38H63N5O5S/c1-5-7-10-19-31(21-29-15-11-8-12-16-29)37(45)43-35(24-33-26-39-27-40-33)38(46)42-34(22-30-17-13-9-14-18-30)36(44)23-32(28(3)4)25-41-49(47,48)20-6-2/h8,11-12,15-16,26-28,30-32,34-36,41,44H,5-7,9-10,13-14,17-25H2,1-4H3,(H,39,40)(H,42,46)(H,43,45)/t31?,32-,34+,35+,36+/m1/s1. The van der Waals surface area contributed by atoms with Gasteiger partial charge in [-0.25, -0.2) is 18.1 Å². The first-order valence-corrected chi connectivity index (χ1v) is 20.4. The lowest BCUT2D eigenvalue weighted by molar-refractivity contribution is -0.132. The van der Waals surface area contributed by atoms with Gasteiger partial charge >= 0.3 is 0 Å². The van der Waals surface area contributed by atoms with Crippen molar-refractivity contribution in [2.24, 2.45) is 23.7 Å². The Morgan fingerprint density at radius 3 is 2.35 bits per heavy atom. The van der Waals surface area contributed by atoms with Gasteiger partial charge in [-0.1, -0.05) is 109 Å². The van der Waals surface area contributed by atoms with Gasteiger partial charge in [0.2, 0.25) is 21.8 Å². The highest BCUT2D eigenvalue weighted by Crippen LogP contribution is 2.30. The molecule has 1 aliphatic rings. The van der Waals surface area contributed by atoms with Crippen LogP contribution in [0.4, 0.5) is 0 Å². The van der Waals surface area contributed by atoms with Gasteiger partial charge in [0, 0.05) is 25.1 Å². The third-order valence-electron chi connectivity index (χ3n) is 10.1. The Hall–Kier alpha value is -2.76. The normalized spacial score (nSPS) is 17.3. The van der Waals surface area contributed by atoms with Crippen LogP contribution < -0.4 is 15.4 Å². The number of aromatic nitrogens is 2. The second-order valence-electron chi connectivity index (χ2n) is 14.5. The second kappa shape index (κ2) is 21.5. The first-order valence-electron chi connectivity index (χ1n) is 18.8. The van der Waals surface area contributed by atoms with E-state index in [1.807, 2.05) is 51.1 Å². The number of sulfonamides is 1. The van der Waals surface area contributed by atoms with Crippen molar-refractivity contribution in [1.82, 2.24) is 25.3 Å². The number of carbonyl (C=O) groups is 2. The summed E-state index contributed by atoms with van der Waals surface area (Å²) in [6, 6.07) is 8.58. The van der Waals surface area contributed by atoms with E-state index in [1.165, 1.54) is 6.42 Å². The van der Waals surface area contributed by atoms with Crippen LogP contribution in [0.15, 0.2) is 42.9 Å². The number of unbranched alkanes of at least 4 members (excludes halogenated alkanes) is 2. The molecule has 1 heterocycles. The monoisotopic (exact) mass is 701 g/mol. The topological polar surface area (TPSA) is 153 Å². The SMILES string of the molecule is CCCCCC(Cc1ccccc1)C(=O)N[C@@H](Cc1c[nH]cn1)C(=O)N[C@@H](CC1CCCCC1)[C@@H](O)C[C@H](CNS(=O)(=O)CCC)C(C)C. The number of hydrogen-bond donors (Lipinski definition) is 5. The summed E-state index contributed by atoms with van der Waals surface area (Å²) in [5, 5.41) is 18.0. The lowest BCUT2D eigenvalue weighted by Crippen LogP contribution is -2.55. The fourth-order valence-corrected chi connectivity index (χ4v) is 8.14. The van der Waals surface area contributed by atoms with Crippen LogP contribution in [-0.2, 0) is 32.5 Å². The van der Waals surface area contributed by atoms with E-state index in [-0.39, 0.29) is 48.3 Å². The van der Waals surface area contributed by atoms with Gasteiger partial charge in [0.15, 0.2) is 0 Å². The fourth-order valence-electron chi connectivity index (χ4n) is 6.99. The summed E-state index contributed by atoms with van der Waals surface area (Å²) in [6.07, 6.45) is 14.0. The van der Waals surface area contributed by atoms with Crippen molar-refractivity contribution in [1.29, 1.82) is 0 Å². The van der Waals surface area contributed by atoms with Gasteiger partial charge in [-0.2, -0.15) is 0 Å². The van der Waals surface area contributed by atoms with Gasteiger partial charge in [-0.3, -0.25) is 9.59 Å². The van der Waals surface area contributed by atoms with E-state index in [2.05, 4.69) is 32.2 Å². The van der Waals surface area contributed by atoms with Crippen LogP contribution in [0.25, 0.3) is 0 Å². The summed E-state index contributed by atoms with van der Waals surface area (Å²) >= 11 is 0. The molecule has 3 rings (SSSR count). The van der Waals surface area contributed by atoms with Crippen molar-refractivity contribution in [2.75, 3.05) is 12.3 Å². The molecule has 10 nitrogen and oxygen atoms in total. The fraction of sp³-hybridized carbons (Fsp3) is 0.711. The van der Waals surface area contributed by atoms with Gasteiger partial charge in [-0.15, -0.1) is 0 Å². The van der Waals surface area contributed by atoms with Crippen molar-refractivity contribution in [2.45, 2.75) is 136 Å². The molecule has 0 saturated heterocycles. The zero-order chi connectivity index (χ0) is 35.6. The largest absolute Gasteiger partial charge is 0.391 e. The number of H-pyrrole nitrogens is 1. The van der Waals surface area contributed by atoms with Gasteiger partial charge < -0.3 is 20.7 Å². The highest BCUT2D eigenvalue weighted by Gasteiger charge is 2.33. The molecule has 2 amide bonds. The Balaban J connectivity index is 1.81. The number of amides is 2. The Morgan fingerprint density at radius 1 is 0.980 bits per heavy atom. The quantitative estimate of drug-likeness (QED) is 0.0940. The predicted molar refractivity (Wildman–Crippen MR) is 196 cm³/mol. The van der Waals surface area contributed by atoms with Crippen LogP contribution in [0.3, 0.4) is 0 Å². The number of aliphatic hydroxyl groups excluding tert-OH is 1. The Kier molecular flexibility index (Phi) is 17.8. The smallest absolute Gasteiger partial charge is 0.243 e. The van der Waals surface area contributed by atoms with Crippen molar-refractivity contribution in [3.63, 3.8) is 0 Å². The molecule has 1 saturated carbocycles. The maximum Gasteiger partial charge on any atom is 0.243 e. The summed E-state index contributed by atoms with van der Waals surface area (Å²) in [7, 11) is -3.39. The molecule has 0 radical (unpaired) electrons. The number of aliphatic hydroxyl groups is 1. The lowest BCUT2D eigenvalue weighted by atomic mass is 9.81. The van der Waals surface area contributed by atoms with Gasteiger partial charge in [-0.05, 0) is 55.4 Å². The Bertz CT molecular complexity index is 1320. The number of imidazole rings is 1. The van der Waals surface area contributed by atoms with Crippen LogP contribution in [0.1, 0.15) is 116 Å². The molecule has 276 valence electrons. The van der Waals surface area contributed by atoms with Crippen LogP contribution >= 0.6 is 0 Å². The molecule has 1 aliphatic carbocycles. The Morgan fingerprint density at radius 2 is 1.71 bits per heavy atom. The summed E-state index contributed by atoms with van der Waals surface area (Å²) in [5.41, 5.74) is 1.74. The minimum absolute atomic E-state index is 0.0641. The molecule has 0 aliphatic heterocycles. The van der Waals surface area contributed by atoms with Gasteiger partial charge in [0.05, 0.1) is 29.9 Å². The zero-order valence-electron chi connectivity index (χ0n) is 30.3. The van der Waals surface area contributed by atoms with Crippen LogP contribution in [0.2, 0.25) is 0 Å². The molecule has 1 aromatic carbocycles. The van der Waals surface area contributed by atoms with Gasteiger partial charge in [0.25, 0.3) is 0 Å². The molecular weight excluding hydrogens is 639 g/mol. The number of hydrogen-bond acceptors (Lipinski definition) is 6. The van der Waals surface area contributed by atoms with Crippen molar-refractivity contribution in [3.05, 3.63) is 54.1 Å². The first kappa shape index (κ1) is 40.7. The number of aromatic amines is 1. The van der Waals surface area contributed by atoms with Crippen molar-refractivity contribution < 1.29 is 23.1 Å². The highest BCUT2D eigenvalue weighted by molar-refractivity contribution is 7.89. The molecule has 5 atom stereocenters. The van der Waals surface area contributed by atoms with E-state index in [0.29, 0.717) is 37.3 Å². The molecule has 1 unspecified atom stereocenters. The molecule has 1 aromatic heterocycles. The number of carbonyl (C=O) groups excluding carboxylic acids is 2. The highest BCUT2D eigenvalue weighted by atomic mass is 32.2. The first-order chi connectivity index (χ1) is 23.5. The molecule has 2 aromatic rings. The lowest BCUT2D eigenvalue weighted by Gasteiger charge is -2.34. The second-order valence-corrected chi connectivity index (χ2v) is 16.5. The third-order valence-corrected chi connectivity index (χ3v) is 11.6. The molecule has 0 spiro atoms. The molecule has 0 bridgehead atoms. The predicted octanol–water partition coefficient (Wildman–Crippen LogP) is 5.68. The van der Waals surface area contributed by atoms with Crippen LogP contribution in [0, 0.1) is 23.7 Å². The van der Waals surface area contributed by atoms with E-state index in [1.54, 1.807) is 12.5 Å². The minimum Gasteiger partial charge on any atom is -0.391 e. The average molecular weight is 702 g/mol. The summed E-state index contributed by atoms with van der Waals surface area (Å²) in [5.74, 6) is -0.334. The third kappa shape index (κ3) is 14.9. The molecule has 1 fully saturated rings. The summed E-state index contributed by atoms with van der Waals surface area (Å²) < 4.78 is 27.6. The average Bonchev–Trinajstić information content (AvgIpc) is 3.59. The van der Waals surface area contributed by atoms with Crippen molar-refractivity contribution >= 4 is 21.8 Å². The number of benzene rings is 1. The molecule has 11 heteroatoms. The van der Waals surface area contributed by atoms with E-state index in [0.717, 1.165) is 56.9 Å². The van der Waals surface area contributed by atoms with Crippen LogP contribution in [-0.4, -0.2) is 65.8 Å². The Labute approximate surface area is 295 Å². The number of rotatable bonds is 23. The molecule has 49 heavy (non-hydrogen) atoms. The maximum atomic E-state index is 14.2. The van der Waals surface area contributed by atoms with E-state index >= 15 is 0 Å². The number of nitrogens with zero attached hydrogens (tertiary/aromatic N) is 1. The minimum atomic E-state index is -3.39.